The van der Waals surface area contributed by atoms with Crippen LogP contribution in [-0.4, -0.2) is 43.6 Å². The van der Waals surface area contributed by atoms with Gasteiger partial charge in [-0.25, -0.2) is 13.6 Å². The minimum Gasteiger partial charge on any atom is -0.480 e. The van der Waals surface area contributed by atoms with Gasteiger partial charge in [-0.05, 0) is 54.2 Å². The number of carbonyl (C=O) groups is 1. The third kappa shape index (κ3) is 5.49. The molecule has 2 fully saturated rings. The average Bonchev–Trinajstić information content (AvgIpc) is 3.36. The maximum atomic E-state index is 13.6. The van der Waals surface area contributed by atoms with Crippen LogP contribution in [0.25, 0.3) is 0 Å². The molecule has 2 aromatic rings. The normalized spacial score (nSPS) is 26.3. The van der Waals surface area contributed by atoms with Gasteiger partial charge < -0.3 is 19.3 Å². The molecule has 176 valence electrons. The summed E-state index contributed by atoms with van der Waals surface area (Å²) in [6.45, 7) is 1.36. The fraction of sp³-hybridized carbons (Fsp3) is 0.423. The van der Waals surface area contributed by atoms with Gasteiger partial charge in [0.25, 0.3) is 0 Å². The molecule has 7 heteroatoms. The maximum absolute atomic E-state index is 13.6. The van der Waals surface area contributed by atoms with Crippen molar-refractivity contribution < 1.29 is 32.9 Å². The number of benzene rings is 2. The second-order valence-corrected chi connectivity index (χ2v) is 8.74. The Bertz CT molecular complexity index is 960. The van der Waals surface area contributed by atoms with Crippen molar-refractivity contribution in [3.05, 3.63) is 83.4 Å². The van der Waals surface area contributed by atoms with Gasteiger partial charge in [-0.15, -0.1) is 0 Å². The number of hydrogen-bond donors (Lipinski definition) is 1. The van der Waals surface area contributed by atoms with E-state index >= 15 is 0 Å². The van der Waals surface area contributed by atoms with Crippen molar-refractivity contribution in [2.45, 2.75) is 31.0 Å². The summed E-state index contributed by atoms with van der Waals surface area (Å²) >= 11 is 0. The fourth-order valence-electron chi connectivity index (χ4n) is 5.17. The maximum Gasteiger partial charge on any atom is 0.329 e. The number of carboxylic acids is 1. The van der Waals surface area contributed by atoms with Crippen LogP contribution in [0.15, 0.2) is 60.7 Å². The van der Waals surface area contributed by atoms with Crippen molar-refractivity contribution in [3.63, 3.8) is 0 Å². The van der Waals surface area contributed by atoms with Crippen molar-refractivity contribution in [2.75, 3.05) is 26.4 Å². The molecule has 0 amide bonds. The summed E-state index contributed by atoms with van der Waals surface area (Å²) in [6.07, 6.45) is 5.50. The van der Waals surface area contributed by atoms with E-state index in [1.807, 2.05) is 24.3 Å². The van der Waals surface area contributed by atoms with Crippen molar-refractivity contribution >= 4 is 5.97 Å². The smallest absolute Gasteiger partial charge is 0.329 e. The molecule has 4 rings (SSSR count). The number of carboxylic acid groups (broad SMARTS) is 1. The molecule has 1 saturated carbocycles. The van der Waals surface area contributed by atoms with E-state index < -0.39 is 5.97 Å². The molecule has 1 heterocycles. The number of hydrogen-bond acceptors (Lipinski definition) is 4. The second-order valence-electron chi connectivity index (χ2n) is 8.74. The predicted octanol–water partition coefficient (Wildman–Crippen LogP) is 4.50. The van der Waals surface area contributed by atoms with Crippen molar-refractivity contribution in [1.29, 1.82) is 0 Å². The van der Waals surface area contributed by atoms with Crippen molar-refractivity contribution in [1.82, 2.24) is 0 Å². The summed E-state index contributed by atoms with van der Waals surface area (Å²) in [4.78, 5) is 10.6. The topological polar surface area (TPSA) is 65.0 Å². The highest BCUT2D eigenvalue weighted by Gasteiger charge is 2.59. The largest absolute Gasteiger partial charge is 0.480 e. The summed E-state index contributed by atoms with van der Waals surface area (Å²) in [6, 6.07) is 12.9. The van der Waals surface area contributed by atoms with Crippen LogP contribution in [0, 0.1) is 23.5 Å². The van der Waals surface area contributed by atoms with Crippen LogP contribution in [0.2, 0.25) is 0 Å². The Labute approximate surface area is 192 Å². The zero-order valence-corrected chi connectivity index (χ0v) is 18.3. The molecule has 1 saturated heterocycles. The Kier molecular flexibility index (Phi) is 7.53. The van der Waals surface area contributed by atoms with E-state index in [4.69, 9.17) is 19.3 Å². The first-order valence-electron chi connectivity index (χ1n) is 11.1. The van der Waals surface area contributed by atoms with E-state index in [0.29, 0.717) is 19.8 Å². The fourth-order valence-corrected chi connectivity index (χ4v) is 5.17. The van der Waals surface area contributed by atoms with Gasteiger partial charge in [0.15, 0.2) is 0 Å². The Morgan fingerprint density at radius 3 is 2.45 bits per heavy atom. The zero-order chi connectivity index (χ0) is 23.3. The summed E-state index contributed by atoms with van der Waals surface area (Å²) in [5.41, 5.74) is 1.74. The molecule has 5 nitrogen and oxygen atoms in total. The van der Waals surface area contributed by atoms with Gasteiger partial charge in [0.2, 0.25) is 0 Å². The highest BCUT2D eigenvalue weighted by molar-refractivity contribution is 5.68. The first-order valence-corrected chi connectivity index (χ1v) is 11.1. The van der Waals surface area contributed by atoms with Gasteiger partial charge in [-0.3, -0.25) is 0 Å². The predicted molar refractivity (Wildman–Crippen MR) is 118 cm³/mol. The first kappa shape index (κ1) is 23.5. The van der Waals surface area contributed by atoms with Gasteiger partial charge in [0, 0.05) is 11.3 Å². The average molecular weight is 459 g/mol. The highest BCUT2D eigenvalue weighted by atomic mass is 19.1. The van der Waals surface area contributed by atoms with Crippen LogP contribution in [0.4, 0.5) is 8.78 Å². The summed E-state index contributed by atoms with van der Waals surface area (Å²) < 4.78 is 44.0. The van der Waals surface area contributed by atoms with Crippen molar-refractivity contribution in [3.8, 4) is 0 Å². The van der Waals surface area contributed by atoms with Crippen LogP contribution in [-0.2, 0) is 31.0 Å². The first-order chi connectivity index (χ1) is 16.0. The minimum absolute atomic E-state index is 0.0462. The van der Waals surface area contributed by atoms with Gasteiger partial charge in [-0.2, -0.15) is 0 Å². The Morgan fingerprint density at radius 2 is 1.76 bits per heavy atom. The summed E-state index contributed by atoms with van der Waals surface area (Å²) in [5.74, 6) is -1.18. The number of allylic oxidation sites excluding steroid dienone is 1. The quantitative estimate of drug-likeness (QED) is 0.397. The lowest BCUT2D eigenvalue weighted by Gasteiger charge is -2.39. The Morgan fingerprint density at radius 1 is 1.06 bits per heavy atom. The molecule has 33 heavy (non-hydrogen) atoms. The van der Waals surface area contributed by atoms with Gasteiger partial charge in [-0.1, -0.05) is 36.4 Å². The van der Waals surface area contributed by atoms with E-state index in [2.05, 4.69) is 0 Å². The molecule has 2 aliphatic rings. The third-order valence-electron chi connectivity index (χ3n) is 6.73. The number of aliphatic carboxylic acids is 1. The molecule has 0 aromatic heterocycles. The molecule has 4 atom stereocenters. The number of fused-ring (bicyclic) bond motifs is 2. The SMILES string of the molecule is O=C(O)COC/C=C/C[C@H]1[C@H](COCc2ccc(F)cc2)[C@@H]2C[C@@]1(c1ccc(F)cc1)CO2. The van der Waals surface area contributed by atoms with E-state index in [1.165, 1.54) is 24.3 Å². The van der Waals surface area contributed by atoms with Crippen molar-refractivity contribution in [2.24, 2.45) is 11.8 Å². The lowest BCUT2D eigenvalue weighted by atomic mass is 9.69. The van der Waals surface area contributed by atoms with E-state index in [-0.39, 0.29) is 48.2 Å². The molecule has 0 unspecified atom stereocenters. The van der Waals surface area contributed by atoms with E-state index in [0.717, 1.165) is 24.0 Å². The third-order valence-corrected chi connectivity index (χ3v) is 6.73. The monoisotopic (exact) mass is 458 g/mol. The highest BCUT2D eigenvalue weighted by Crippen LogP contribution is 2.56. The molecule has 0 radical (unpaired) electrons. The van der Waals surface area contributed by atoms with Crippen LogP contribution in [0.3, 0.4) is 0 Å². The number of halogens is 2. The van der Waals surface area contributed by atoms with Crippen LogP contribution < -0.4 is 0 Å². The van der Waals surface area contributed by atoms with Gasteiger partial charge in [0.1, 0.15) is 18.2 Å². The van der Waals surface area contributed by atoms with Crippen LogP contribution in [0.5, 0.6) is 0 Å². The Balaban J connectivity index is 1.45. The van der Waals surface area contributed by atoms with Gasteiger partial charge >= 0.3 is 5.97 Å². The lowest BCUT2D eigenvalue weighted by molar-refractivity contribution is -0.141. The molecular formula is C26H28F2O5. The molecule has 1 N–H and O–H groups in total. The standard InChI is InChI=1S/C26H28F2O5/c27-20-8-4-18(5-9-20)14-32-15-22-23(3-1-2-12-31-16-25(29)30)26(13-24(22)33-17-26)19-6-10-21(28)11-7-19/h1-2,4-11,22-24H,3,12-17H2,(H,29,30)/b2-1+/t22-,23-,24-,26-/m0/s1. The van der Waals surface area contributed by atoms with E-state index in [9.17, 15) is 13.6 Å². The Hall–Kier alpha value is -2.61. The zero-order valence-electron chi connectivity index (χ0n) is 18.3. The van der Waals surface area contributed by atoms with E-state index in [1.54, 1.807) is 12.1 Å². The van der Waals surface area contributed by atoms with Crippen LogP contribution >= 0.6 is 0 Å². The number of ether oxygens (including phenoxy) is 3. The molecule has 0 spiro atoms. The van der Waals surface area contributed by atoms with Gasteiger partial charge in [0.05, 0.1) is 32.5 Å². The second kappa shape index (κ2) is 10.5. The molecule has 1 aliphatic carbocycles. The summed E-state index contributed by atoms with van der Waals surface area (Å²) in [5, 5.41) is 8.68. The lowest BCUT2D eigenvalue weighted by Crippen LogP contribution is -2.41. The molecule has 1 aliphatic heterocycles. The number of rotatable bonds is 11. The summed E-state index contributed by atoms with van der Waals surface area (Å²) in [7, 11) is 0. The molecular weight excluding hydrogens is 430 g/mol. The molecule has 2 bridgehead atoms. The van der Waals surface area contributed by atoms with Crippen LogP contribution in [0.1, 0.15) is 24.0 Å². The minimum atomic E-state index is -0.998. The molecule has 2 aromatic carbocycles.